The summed E-state index contributed by atoms with van der Waals surface area (Å²) in [6, 6.07) is 5.80. The first-order valence-corrected chi connectivity index (χ1v) is 7.73. The van der Waals surface area contributed by atoms with Gasteiger partial charge in [-0.15, -0.1) is 11.6 Å². The molecule has 0 radical (unpaired) electrons. The fourth-order valence-electron chi connectivity index (χ4n) is 3.01. The van der Waals surface area contributed by atoms with E-state index in [9.17, 15) is 0 Å². The maximum absolute atomic E-state index is 6.42. The van der Waals surface area contributed by atoms with Crippen molar-refractivity contribution in [2.24, 2.45) is 0 Å². The number of aromatic nitrogens is 2. The fourth-order valence-corrected chi connectivity index (χ4v) is 3.41. The van der Waals surface area contributed by atoms with E-state index in [2.05, 4.69) is 16.5 Å². The third-order valence-electron chi connectivity index (χ3n) is 3.97. The molecule has 0 amide bonds. The van der Waals surface area contributed by atoms with Crippen LogP contribution in [0.25, 0.3) is 11.0 Å². The van der Waals surface area contributed by atoms with Crippen LogP contribution in [-0.4, -0.2) is 22.8 Å². The van der Waals surface area contributed by atoms with Crippen molar-refractivity contribution in [1.29, 1.82) is 0 Å². The summed E-state index contributed by atoms with van der Waals surface area (Å²) < 4.78 is 7.89. The van der Waals surface area contributed by atoms with E-state index < -0.39 is 0 Å². The van der Waals surface area contributed by atoms with Gasteiger partial charge >= 0.3 is 0 Å². The summed E-state index contributed by atoms with van der Waals surface area (Å²) in [6.07, 6.45) is 2.08. The van der Waals surface area contributed by atoms with Crippen molar-refractivity contribution < 1.29 is 4.74 Å². The van der Waals surface area contributed by atoms with Gasteiger partial charge in [0.15, 0.2) is 0 Å². The molecule has 0 aliphatic carbocycles. The van der Waals surface area contributed by atoms with E-state index in [1.807, 2.05) is 25.1 Å². The lowest BCUT2D eigenvalue weighted by Gasteiger charge is -2.37. The Morgan fingerprint density at radius 2 is 2.25 bits per heavy atom. The second kappa shape index (κ2) is 5.21. The molecule has 1 fully saturated rings. The smallest absolute Gasteiger partial charge is 0.128 e. The van der Waals surface area contributed by atoms with E-state index in [0.717, 1.165) is 36.3 Å². The number of rotatable bonds is 2. The Kier molecular flexibility index (Phi) is 3.69. The van der Waals surface area contributed by atoms with Gasteiger partial charge in [0.1, 0.15) is 5.82 Å². The second-order valence-electron chi connectivity index (χ2n) is 5.68. The second-order valence-corrected chi connectivity index (χ2v) is 6.74. The van der Waals surface area contributed by atoms with Crippen LogP contribution < -0.4 is 0 Å². The van der Waals surface area contributed by atoms with Crippen LogP contribution in [0.5, 0.6) is 0 Å². The predicted molar refractivity (Wildman–Crippen MR) is 82.7 cm³/mol. The molecule has 20 heavy (non-hydrogen) atoms. The fraction of sp³-hybridized carbons (Fsp3) is 0.533. The molecule has 1 aromatic carbocycles. The van der Waals surface area contributed by atoms with E-state index in [1.165, 1.54) is 0 Å². The number of para-hydroxylation sites is 1. The van der Waals surface area contributed by atoms with Crippen LogP contribution in [0.15, 0.2) is 18.2 Å². The van der Waals surface area contributed by atoms with Gasteiger partial charge in [0.05, 0.1) is 33.6 Å². The summed E-state index contributed by atoms with van der Waals surface area (Å²) in [6.45, 7) is 5.63. The number of hydrogen-bond acceptors (Lipinski definition) is 2. The van der Waals surface area contributed by atoms with E-state index in [4.69, 9.17) is 27.9 Å². The molecule has 0 N–H and O–H groups in total. The topological polar surface area (TPSA) is 27.1 Å². The molecule has 0 bridgehead atoms. The van der Waals surface area contributed by atoms with Crippen molar-refractivity contribution in [1.82, 2.24) is 9.55 Å². The van der Waals surface area contributed by atoms with Crippen molar-refractivity contribution in [2.75, 3.05) is 13.2 Å². The van der Waals surface area contributed by atoms with Crippen molar-refractivity contribution in [2.45, 2.75) is 37.6 Å². The van der Waals surface area contributed by atoms with Crippen molar-refractivity contribution in [3.05, 3.63) is 29.0 Å². The third-order valence-corrected chi connectivity index (χ3v) is 4.47. The Balaban J connectivity index is 2.28. The van der Waals surface area contributed by atoms with Crippen LogP contribution in [0, 0.1) is 0 Å². The molecule has 0 saturated carbocycles. The molecule has 3 rings (SSSR count). The zero-order valence-electron chi connectivity index (χ0n) is 11.7. The molecule has 2 heterocycles. The SMILES string of the molecule is CC(Cl)c1nc2cccc(Cl)c2n1C1(C)CCCOC1. The summed E-state index contributed by atoms with van der Waals surface area (Å²) in [5.41, 5.74) is 1.72. The minimum absolute atomic E-state index is 0.142. The van der Waals surface area contributed by atoms with Gasteiger partial charge in [0.25, 0.3) is 0 Å². The van der Waals surface area contributed by atoms with Gasteiger partial charge in [0.2, 0.25) is 0 Å². The number of ether oxygens (including phenoxy) is 1. The Morgan fingerprint density at radius 3 is 2.90 bits per heavy atom. The maximum Gasteiger partial charge on any atom is 0.128 e. The molecular weight excluding hydrogens is 295 g/mol. The average Bonchev–Trinajstić information content (AvgIpc) is 2.81. The van der Waals surface area contributed by atoms with Gasteiger partial charge in [-0.3, -0.25) is 0 Å². The van der Waals surface area contributed by atoms with Crippen LogP contribution in [0.1, 0.15) is 37.9 Å². The molecule has 2 aromatic rings. The van der Waals surface area contributed by atoms with Gasteiger partial charge in [0, 0.05) is 6.61 Å². The van der Waals surface area contributed by atoms with Crippen LogP contribution in [0.2, 0.25) is 5.02 Å². The lowest BCUT2D eigenvalue weighted by atomic mass is 9.94. The number of hydrogen-bond donors (Lipinski definition) is 0. The van der Waals surface area contributed by atoms with Gasteiger partial charge in [-0.1, -0.05) is 17.7 Å². The summed E-state index contributed by atoms with van der Waals surface area (Å²) in [4.78, 5) is 4.68. The largest absolute Gasteiger partial charge is 0.379 e. The monoisotopic (exact) mass is 312 g/mol. The first-order chi connectivity index (χ1) is 9.53. The highest BCUT2D eigenvalue weighted by Crippen LogP contribution is 2.37. The highest BCUT2D eigenvalue weighted by Gasteiger charge is 2.34. The molecule has 1 saturated heterocycles. The van der Waals surface area contributed by atoms with Gasteiger partial charge < -0.3 is 9.30 Å². The Bertz CT molecular complexity index is 630. The number of fused-ring (bicyclic) bond motifs is 1. The molecule has 2 atom stereocenters. The summed E-state index contributed by atoms with van der Waals surface area (Å²) in [5, 5.41) is 0.544. The highest BCUT2D eigenvalue weighted by atomic mass is 35.5. The van der Waals surface area contributed by atoms with Gasteiger partial charge in [-0.25, -0.2) is 4.98 Å². The predicted octanol–water partition coefficient (Wildman–Crippen LogP) is 4.52. The molecule has 1 aliphatic heterocycles. The van der Waals surface area contributed by atoms with Crippen LogP contribution in [0.4, 0.5) is 0 Å². The molecule has 0 spiro atoms. The zero-order valence-corrected chi connectivity index (χ0v) is 13.2. The lowest BCUT2D eigenvalue weighted by Crippen LogP contribution is -2.40. The van der Waals surface area contributed by atoms with Crippen LogP contribution in [-0.2, 0) is 10.3 Å². The number of imidazole rings is 1. The minimum atomic E-state index is -0.169. The maximum atomic E-state index is 6.42. The third kappa shape index (κ3) is 2.22. The number of alkyl halides is 1. The lowest BCUT2D eigenvalue weighted by molar-refractivity contribution is 0.0101. The highest BCUT2D eigenvalue weighted by molar-refractivity contribution is 6.35. The molecule has 2 unspecified atom stereocenters. The van der Waals surface area contributed by atoms with Crippen molar-refractivity contribution >= 4 is 34.2 Å². The molecular formula is C15H18Cl2N2O. The van der Waals surface area contributed by atoms with E-state index in [1.54, 1.807) is 0 Å². The van der Waals surface area contributed by atoms with Crippen molar-refractivity contribution in [3.8, 4) is 0 Å². The molecule has 3 nitrogen and oxygen atoms in total. The molecule has 5 heteroatoms. The first-order valence-electron chi connectivity index (χ1n) is 6.92. The number of benzene rings is 1. The Labute approximate surface area is 128 Å². The molecule has 108 valence electrons. The Hall–Kier alpha value is -0.770. The molecule has 1 aliphatic rings. The Morgan fingerprint density at radius 1 is 1.45 bits per heavy atom. The van der Waals surface area contributed by atoms with E-state index >= 15 is 0 Å². The van der Waals surface area contributed by atoms with Gasteiger partial charge in [-0.2, -0.15) is 0 Å². The summed E-state index contributed by atoms with van der Waals surface area (Å²) in [7, 11) is 0. The van der Waals surface area contributed by atoms with Crippen molar-refractivity contribution in [3.63, 3.8) is 0 Å². The summed E-state index contributed by atoms with van der Waals surface area (Å²) in [5.74, 6) is 0.864. The summed E-state index contributed by atoms with van der Waals surface area (Å²) >= 11 is 12.8. The number of nitrogens with zero attached hydrogens (tertiary/aromatic N) is 2. The van der Waals surface area contributed by atoms with Gasteiger partial charge in [-0.05, 0) is 38.8 Å². The standard InChI is InChI=1S/C15H18Cl2N2O/c1-10(16)14-18-12-6-3-5-11(17)13(12)19(14)15(2)7-4-8-20-9-15/h3,5-6,10H,4,7-9H2,1-2H3. The molecule has 1 aromatic heterocycles. The first kappa shape index (κ1) is 14.2. The average molecular weight is 313 g/mol. The minimum Gasteiger partial charge on any atom is -0.379 e. The zero-order chi connectivity index (χ0) is 14.3. The number of halogens is 2. The normalized spacial score (nSPS) is 25.0. The van der Waals surface area contributed by atoms with E-state index in [0.29, 0.717) is 11.6 Å². The van der Waals surface area contributed by atoms with Crippen LogP contribution in [0.3, 0.4) is 0 Å². The quantitative estimate of drug-likeness (QED) is 0.763. The van der Waals surface area contributed by atoms with Crippen LogP contribution >= 0.6 is 23.2 Å². The van der Waals surface area contributed by atoms with E-state index in [-0.39, 0.29) is 10.9 Å².